The minimum atomic E-state index is -0.613. The van der Waals surface area contributed by atoms with Crippen LogP contribution in [0.2, 0.25) is 0 Å². The van der Waals surface area contributed by atoms with Gasteiger partial charge in [-0.05, 0) is 25.7 Å². The summed E-state index contributed by atoms with van der Waals surface area (Å²) >= 11 is 0. The molecule has 1 unspecified atom stereocenters. The number of benzene rings is 1. The lowest BCUT2D eigenvalue weighted by Crippen LogP contribution is -2.38. The van der Waals surface area contributed by atoms with Crippen molar-refractivity contribution in [3.63, 3.8) is 0 Å². The number of carbonyl (C=O) groups excluding carboxylic acids is 1. The summed E-state index contributed by atoms with van der Waals surface area (Å²) in [6, 6.07) is 2.40. The largest absolute Gasteiger partial charge is 0.493 e. The number of rotatable bonds is 8. The van der Waals surface area contributed by atoms with Crippen molar-refractivity contribution in [1.29, 1.82) is 0 Å². The van der Waals surface area contributed by atoms with Gasteiger partial charge in [-0.1, -0.05) is 0 Å². The number of amides is 1. The Labute approximate surface area is 146 Å². The van der Waals surface area contributed by atoms with E-state index < -0.39 is 10.8 Å². The van der Waals surface area contributed by atoms with E-state index in [9.17, 15) is 14.9 Å². The molecule has 0 spiro atoms. The molecule has 134 valence electrons. The third kappa shape index (κ3) is 4.72. The van der Waals surface area contributed by atoms with Crippen molar-refractivity contribution >= 4 is 24.0 Å². The van der Waals surface area contributed by atoms with Crippen LogP contribution in [0.15, 0.2) is 12.1 Å². The van der Waals surface area contributed by atoms with E-state index in [0.29, 0.717) is 12.5 Å². The van der Waals surface area contributed by atoms with Gasteiger partial charge in [-0.25, -0.2) is 0 Å². The Bertz CT molecular complexity index is 607. The molecule has 0 aliphatic heterocycles. The van der Waals surface area contributed by atoms with Gasteiger partial charge < -0.3 is 20.5 Å². The minimum Gasteiger partial charge on any atom is -0.493 e. The molecule has 2 rings (SSSR count). The first-order valence-corrected chi connectivity index (χ1v) is 7.50. The monoisotopic (exact) mass is 359 g/mol. The highest BCUT2D eigenvalue weighted by Crippen LogP contribution is 2.35. The van der Waals surface area contributed by atoms with E-state index >= 15 is 0 Å². The van der Waals surface area contributed by atoms with Crippen molar-refractivity contribution in [2.24, 2.45) is 11.7 Å². The highest BCUT2D eigenvalue weighted by atomic mass is 35.5. The first kappa shape index (κ1) is 20.0. The summed E-state index contributed by atoms with van der Waals surface area (Å²) in [7, 11) is 1.41. The van der Waals surface area contributed by atoms with Gasteiger partial charge in [-0.3, -0.25) is 14.9 Å². The third-order valence-corrected chi connectivity index (χ3v) is 3.75. The molecule has 8 nitrogen and oxygen atoms in total. The number of nitro groups is 1. The van der Waals surface area contributed by atoms with Crippen LogP contribution >= 0.6 is 12.4 Å². The molecule has 0 aromatic heterocycles. The molecule has 0 bridgehead atoms. The zero-order valence-electron chi connectivity index (χ0n) is 13.6. The predicted molar refractivity (Wildman–Crippen MR) is 91.1 cm³/mol. The normalized spacial score (nSPS) is 14.3. The average Bonchev–Trinajstić information content (AvgIpc) is 3.36. The first-order valence-electron chi connectivity index (χ1n) is 7.50. The lowest BCUT2D eigenvalue weighted by Gasteiger charge is -2.14. The van der Waals surface area contributed by atoms with Crippen LogP contribution in [-0.2, 0) is 0 Å². The van der Waals surface area contributed by atoms with Crippen molar-refractivity contribution in [1.82, 2.24) is 5.32 Å². The van der Waals surface area contributed by atoms with Gasteiger partial charge in [-0.2, -0.15) is 0 Å². The van der Waals surface area contributed by atoms with Gasteiger partial charge in [0, 0.05) is 18.7 Å². The lowest BCUT2D eigenvalue weighted by atomic mass is 10.1. The quantitative estimate of drug-likeness (QED) is 0.540. The fourth-order valence-corrected chi connectivity index (χ4v) is 2.31. The fraction of sp³-hybridized carbons (Fsp3) is 0.533. The summed E-state index contributed by atoms with van der Waals surface area (Å²) in [6.07, 6.45) is 2.13. The van der Waals surface area contributed by atoms with Gasteiger partial charge in [0.2, 0.25) is 0 Å². The molecule has 1 saturated carbocycles. The lowest BCUT2D eigenvalue weighted by molar-refractivity contribution is -0.385. The van der Waals surface area contributed by atoms with Gasteiger partial charge in [0.1, 0.15) is 5.56 Å². The number of hydrogen-bond acceptors (Lipinski definition) is 6. The maximum Gasteiger partial charge on any atom is 0.286 e. The standard InChI is InChI=1S/C15H21N3O5.ClH/c1-3-23-14-7-12(18(20)21)10(6-13(14)22-2)15(19)17-8-11(16)9-4-5-9;/h6-7,9,11H,3-5,8,16H2,1-2H3,(H,17,19);1H. The zero-order valence-corrected chi connectivity index (χ0v) is 14.4. The number of carbonyl (C=O) groups is 1. The summed E-state index contributed by atoms with van der Waals surface area (Å²) in [4.78, 5) is 22.9. The second kappa shape index (κ2) is 8.70. The van der Waals surface area contributed by atoms with Gasteiger partial charge in [0.15, 0.2) is 11.5 Å². The molecule has 1 aliphatic carbocycles. The average molecular weight is 360 g/mol. The first-order chi connectivity index (χ1) is 11.0. The predicted octanol–water partition coefficient (Wildman–Crippen LogP) is 1.89. The van der Waals surface area contributed by atoms with Crippen LogP contribution in [0.1, 0.15) is 30.1 Å². The van der Waals surface area contributed by atoms with E-state index in [1.807, 2.05) is 0 Å². The van der Waals surface area contributed by atoms with Crippen molar-refractivity contribution in [3.05, 3.63) is 27.8 Å². The van der Waals surface area contributed by atoms with Gasteiger partial charge >= 0.3 is 0 Å². The molecule has 1 aromatic rings. The van der Waals surface area contributed by atoms with Crippen LogP contribution < -0.4 is 20.5 Å². The molecule has 3 N–H and O–H groups in total. The Hall–Kier alpha value is -2.06. The van der Waals surface area contributed by atoms with E-state index in [-0.39, 0.29) is 47.7 Å². The number of halogens is 1. The highest BCUT2D eigenvalue weighted by molar-refractivity contribution is 5.99. The van der Waals surface area contributed by atoms with Crippen molar-refractivity contribution in [3.8, 4) is 11.5 Å². The molecular formula is C15H22ClN3O5. The maximum atomic E-state index is 12.3. The van der Waals surface area contributed by atoms with Crippen molar-refractivity contribution < 1.29 is 19.2 Å². The molecule has 0 saturated heterocycles. The molecule has 1 aliphatic rings. The second-order valence-corrected chi connectivity index (χ2v) is 5.42. The Morgan fingerprint density at radius 1 is 1.46 bits per heavy atom. The van der Waals surface area contributed by atoms with E-state index in [0.717, 1.165) is 12.8 Å². The second-order valence-electron chi connectivity index (χ2n) is 5.42. The summed E-state index contributed by atoms with van der Waals surface area (Å²) in [5.74, 6) is 0.385. The zero-order chi connectivity index (χ0) is 17.0. The van der Waals surface area contributed by atoms with Crippen LogP contribution in [0.5, 0.6) is 11.5 Å². The molecular weight excluding hydrogens is 338 g/mol. The summed E-state index contributed by atoms with van der Waals surface area (Å²) in [6.45, 7) is 2.37. The molecule has 1 atom stereocenters. The minimum absolute atomic E-state index is 0. The smallest absolute Gasteiger partial charge is 0.286 e. The number of nitrogens with two attached hydrogens (primary N) is 1. The van der Waals surface area contributed by atoms with Gasteiger partial charge in [-0.15, -0.1) is 12.4 Å². The van der Waals surface area contributed by atoms with Crippen LogP contribution in [-0.4, -0.2) is 37.1 Å². The van der Waals surface area contributed by atoms with Crippen molar-refractivity contribution in [2.75, 3.05) is 20.3 Å². The van der Waals surface area contributed by atoms with E-state index in [4.69, 9.17) is 15.2 Å². The van der Waals surface area contributed by atoms with Gasteiger partial charge in [0.25, 0.3) is 11.6 Å². The topological polar surface area (TPSA) is 117 Å². The molecule has 1 aromatic carbocycles. The number of nitrogens with one attached hydrogen (secondary N) is 1. The third-order valence-electron chi connectivity index (χ3n) is 3.75. The Morgan fingerprint density at radius 3 is 2.62 bits per heavy atom. The molecule has 1 fully saturated rings. The number of hydrogen-bond donors (Lipinski definition) is 2. The van der Waals surface area contributed by atoms with Crippen LogP contribution in [0.3, 0.4) is 0 Å². The van der Waals surface area contributed by atoms with E-state index in [1.54, 1.807) is 6.92 Å². The molecule has 0 radical (unpaired) electrons. The summed E-state index contributed by atoms with van der Waals surface area (Å²) in [5.41, 5.74) is 5.53. The van der Waals surface area contributed by atoms with E-state index in [2.05, 4.69) is 5.32 Å². The molecule has 9 heteroatoms. The number of nitrogens with zero attached hydrogens (tertiary/aromatic N) is 1. The highest BCUT2D eigenvalue weighted by Gasteiger charge is 2.30. The summed E-state index contributed by atoms with van der Waals surface area (Å²) < 4.78 is 10.5. The van der Waals surface area contributed by atoms with Gasteiger partial charge in [0.05, 0.1) is 24.7 Å². The number of nitro benzene ring substituents is 1. The number of ether oxygens (including phenoxy) is 2. The summed E-state index contributed by atoms with van der Waals surface area (Å²) in [5, 5.41) is 13.9. The fourth-order valence-electron chi connectivity index (χ4n) is 2.31. The molecule has 1 amide bonds. The van der Waals surface area contributed by atoms with Crippen LogP contribution in [0.25, 0.3) is 0 Å². The van der Waals surface area contributed by atoms with E-state index in [1.165, 1.54) is 19.2 Å². The Balaban J connectivity index is 0.00000288. The Morgan fingerprint density at radius 2 is 2.12 bits per heavy atom. The SMILES string of the molecule is CCOc1cc([N+](=O)[O-])c(C(=O)NCC(N)C2CC2)cc1OC.Cl. The Kier molecular flexibility index (Phi) is 7.24. The molecule has 24 heavy (non-hydrogen) atoms. The van der Waals surface area contributed by atoms with Crippen LogP contribution in [0.4, 0.5) is 5.69 Å². The van der Waals surface area contributed by atoms with Crippen LogP contribution in [0, 0.1) is 16.0 Å². The molecule has 0 heterocycles. The van der Waals surface area contributed by atoms with Crippen molar-refractivity contribution in [2.45, 2.75) is 25.8 Å². The number of methoxy groups -OCH3 is 1. The maximum absolute atomic E-state index is 12.3.